The zero-order chi connectivity index (χ0) is 48.0. The van der Waals surface area contributed by atoms with Crippen LogP contribution in [0.4, 0.5) is 0 Å². The summed E-state index contributed by atoms with van der Waals surface area (Å²) < 4.78 is 4.66. The van der Waals surface area contributed by atoms with E-state index in [1.807, 2.05) is 24.3 Å². The second-order valence-corrected chi connectivity index (χ2v) is 20.8. The van der Waals surface area contributed by atoms with E-state index in [0.717, 1.165) is 55.2 Å². The summed E-state index contributed by atoms with van der Waals surface area (Å²) in [4.78, 5) is 15.7. The Bertz CT molecular complexity index is 4030. The first kappa shape index (κ1) is 42.7. The topological polar surface area (TPSA) is 48.5 Å². The Kier molecular flexibility index (Phi) is 9.83. The van der Waals surface area contributed by atoms with E-state index in [-0.39, 0.29) is 10.8 Å². The van der Waals surface area contributed by atoms with Gasteiger partial charge in [0.25, 0.3) is 0 Å². The Morgan fingerprint density at radius 3 is 1.59 bits per heavy atom. The first-order valence-electron chi connectivity index (χ1n) is 24.9. The summed E-state index contributed by atoms with van der Waals surface area (Å²) in [5.74, 6) is 2.36. The van der Waals surface area contributed by atoms with Crippen LogP contribution in [0.5, 0.6) is 0 Å². The third-order valence-electron chi connectivity index (χ3n) is 15.7. The number of rotatable bonds is 7. The fraction of sp³-hybridized carbons (Fsp3) is 0.136. The van der Waals surface area contributed by atoms with Crippen LogP contribution >= 0.6 is 0 Å². The summed E-state index contributed by atoms with van der Waals surface area (Å²) >= 11 is 0. The van der Waals surface area contributed by atoms with Crippen molar-refractivity contribution in [3.8, 4) is 67.8 Å². The Morgan fingerprint density at radius 2 is 0.901 bits per heavy atom. The molecule has 1 aliphatic rings. The van der Waals surface area contributed by atoms with Gasteiger partial charge in [-0.2, -0.15) is 9.97 Å². The van der Waals surface area contributed by atoms with Gasteiger partial charge >= 0.3 is 0 Å². The minimum absolute atomic E-state index is 0.0517. The number of benzene rings is 9. The lowest BCUT2D eigenvalue weighted by Gasteiger charge is -2.47. The maximum absolute atomic E-state index is 5.33. The molecule has 12 aromatic rings. The van der Waals surface area contributed by atoms with Crippen LogP contribution in [-0.4, -0.2) is 24.1 Å². The van der Waals surface area contributed by atoms with E-state index in [1.54, 1.807) is 0 Å². The molecule has 0 fully saturated rings. The van der Waals surface area contributed by atoms with Crippen LogP contribution in [0.1, 0.15) is 52.2 Å². The molecule has 5 heteroatoms. The van der Waals surface area contributed by atoms with Gasteiger partial charge in [0, 0.05) is 38.4 Å². The van der Waals surface area contributed by atoms with E-state index in [1.165, 1.54) is 56.1 Å². The Balaban J connectivity index is 0.986. The quantitative estimate of drug-likeness (QED) is 0.160. The van der Waals surface area contributed by atoms with E-state index in [2.05, 4.69) is 232 Å². The second-order valence-electron chi connectivity index (χ2n) is 20.8. The first-order valence-corrected chi connectivity index (χ1v) is 24.9. The number of hydrogen-bond donors (Lipinski definition) is 0. The Labute approximate surface area is 414 Å². The van der Waals surface area contributed by atoms with E-state index < -0.39 is 0 Å². The van der Waals surface area contributed by atoms with E-state index in [0.29, 0.717) is 23.5 Å². The minimum Gasteiger partial charge on any atom is -0.309 e. The molecule has 1 aliphatic carbocycles. The minimum atomic E-state index is 0.0517. The predicted octanol–water partition coefficient (Wildman–Crippen LogP) is 17.0. The molecule has 0 amide bonds. The van der Waals surface area contributed by atoms with Gasteiger partial charge in [0.05, 0.1) is 22.1 Å². The maximum Gasteiger partial charge on any atom is 0.238 e. The van der Waals surface area contributed by atoms with Crippen molar-refractivity contribution in [1.29, 1.82) is 0 Å². The van der Waals surface area contributed by atoms with Gasteiger partial charge < -0.3 is 4.57 Å². The molecule has 3 heterocycles. The van der Waals surface area contributed by atoms with Gasteiger partial charge in [0.15, 0.2) is 11.6 Å². The van der Waals surface area contributed by atoms with E-state index >= 15 is 0 Å². The van der Waals surface area contributed by atoms with Crippen LogP contribution in [0.15, 0.2) is 212 Å². The molecule has 71 heavy (non-hydrogen) atoms. The zero-order valence-corrected chi connectivity index (χ0v) is 40.7. The van der Waals surface area contributed by atoms with Crippen LogP contribution in [0.2, 0.25) is 0 Å². The van der Waals surface area contributed by atoms with Crippen LogP contribution in [0.3, 0.4) is 0 Å². The number of hydrogen-bond acceptors (Lipinski definition) is 3. The number of fused-ring (bicyclic) bond motifs is 7. The van der Waals surface area contributed by atoms with Gasteiger partial charge in [0.2, 0.25) is 5.95 Å². The van der Waals surface area contributed by atoms with Crippen molar-refractivity contribution in [3.05, 3.63) is 223 Å². The van der Waals surface area contributed by atoms with E-state index in [9.17, 15) is 0 Å². The summed E-state index contributed by atoms with van der Waals surface area (Å²) in [7, 11) is 0. The van der Waals surface area contributed by atoms with E-state index in [4.69, 9.17) is 15.0 Å². The fourth-order valence-electron chi connectivity index (χ4n) is 11.8. The summed E-state index contributed by atoms with van der Waals surface area (Å²) in [6.07, 6.45) is 1.18. The molecule has 5 nitrogen and oxygen atoms in total. The highest BCUT2D eigenvalue weighted by Gasteiger charge is 2.43. The molecule has 0 saturated carbocycles. The average molecular weight is 916 g/mol. The largest absolute Gasteiger partial charge is 0.309 e. The summed E-state index contributed by atoms with van der Waals surface area (Å²) in [6, 6.07) is 76.6. The Hall–Kier alpha value is -8.41. The molecule has 0 saturated heterocycles. The standard InChI is InChI=1S/C66H53N5/c1-42-41-65(2,3)56-30-18-29-51(61(56)66(42,4)5)49-25-16-23-47(37-49)48-24-17-26-50(38-48)70-57-31-14-12-27-52(57)54-39-55-53-28-13-15-32-58(53)71(60(55)40-59(54)70)64-68-62(45-21-10-7-11-22-45)67-63(69-64)46-35-33-44(34-36-46)43-19-8-6-9-20-43/h6-40,42H,41H2,1-5H3. The van der Waals surface area contributed by atoms with Crippen molar-refractivity contribution < 1.29 is 0 Å². The third kappa shape index (κ3) is 7.01. The SMILES string of the molecule is CC1CC(C)(C)c2cccc(-c3cccc(-c4cccc(-n5c6ccccc6c6cc7c8ccccc8n(-c8nc(-c9ccccc9)nc(-c9ccc(-c%10ccccc%10)cc9)n8)c7cc65)c4)c3)c2C1(C)C. The normalized spacial score (nSPS) is 15.1. The van der Waals surface area contributed by atoms with Gasteiger partial charge in [0.1, 0.15) is 0 Å². The number of aromatic nitrogens is 5. The third-order valence-corrected chi connectivity index (χ3v) is 15.7. The maximum atomic E-state index is 5.33. The zero-order valence-electron chi connectivity index (χ0n) is 40.7. The first-order chi connectivity index (χ1) is 34.6. The molecule has 0 N–H and O–H groups in total. The molecule has 0 spiro atoms. The summed E-state index contributed by atoms with van der Waals surface area (Å²) in [5.41, 5.74) is 17.7. The monoisotopic (exact) mass is 915 g/mol. The highest BCUT2D eigenvalue weighted by Crippen LogP contribution is 2.52. The molecular formula is C66H53N5. The van der Waals surface area contributed by atoms with Gasteiger partial charge in [-0.05, 0) is 110 Å². The van der Waals surface area contributed by atoms with Crippen LogP contribution in [-0.2, 0) is 10.8 Å². The smallest absolute Gasteiger partial charge is 0.238 e. The molecule has 3 aromatic heterocycles. The lowest BCUT2D eigenvalue weighted by molar-refractivity contribution is 0.234. The molecule has 1 unspecified atom stereocenters. The van der Waals surface area contributed by atoms with Crippen molar-refractivity contribution in [1.82, 2.24) is 24.1 Å². The fourth-order valence-corrected chi connectivity index (χ4v) is 11.8. The van der Waals surface area contributed by atoms with Crippen LogP contribution in [0.25, 0.3) is 111 Å². The van der Waals surface area contributed by atoms with Crippen molar-refractivity contribution >= 4 is 43.6 Å². The molecule has 0 bridgehead atoms. The van der Waals surface area contributed by atoms with Crippen LogP contribution < -0.4 is 0 Å². The van der Waals surface area contributed by atoms with Crippen molar-refractivity contribution in [3.63, 3.8) is 0 Å². The molecule has 1 atom stereocenters. The highest BCUT2D eigenvalue weighted by atomic mass is 15.2. The van der Waals surface area contributed by atoms with Gasteiger partial charge in [-0.3, -0.25) is 4.57 Å². The Morgan fingerprint density at radius 1 is 0.394 bits per heavy atom. The van der Waals surface area contributed by atoms with Gasteiger partial charge in [-0.1, -0.05) is 204 Å². The second kappa shape index (κ2) is 16.4. The molecule has 342 valence electrons. The number of nitrogens with zero attached hydrogens (tertiary/aromatic N) is 5. The highest BCUT2D eigenvalue weighted by molar-refractivity contribution is 6.19. The average Bonchev–Trinajstić information content (AvgIpc) is 3.92. The van der Waals surface area contributed by atoms with Gasteiger partial charge in [-0.15, -0.1) is 0 Å². The summed E-state index contributed by atoms with van der Waals surface area (Å²) in [6.45, 7) is 12.1. The molecule has 13 rings (SSSR count). The summed E-state index contributed by atoms with van der Waals surface area (Å²) in [5, 5.41) is 4.67. The van der Waals surface area contributed by atoms with Crippen molar-refractivity contribution in [2.24, 2.45) is 5.92 Å². The van der Waals surface area contributed by atoms with Crippen molar-refractivity contribution in [2.45, 2.75) is 51.9 Å². The molecule has 0 aliphatic heterocycles. The van der Waals surface area contributed by atoms with Crippen LogP contribution in [0, 0.1) is 5.92 Å². The lowest BCUT2D eigenvalue weighted by Crippen LogP contribution is -2.40. The molecule has 0 radical (unpaired) electrons. The van der Waals surface area contributed by atoms with Crippen molar-refractivity contribution in [2.75, 3.05) is 0 Å². The lowest BCUT2D eigenvalue weighted by atomic mass is 9.57. The van der Waals surface area contributed by atoms with Gasteiger partial charge in [-0.25, -0.2) is 4.98 Å². The molecular weight excluding hydrogens is 863 g/mol. The predicted molar refractivity (Wildman–Crippen MR) is 296 cm³/mol. The molecule has 9 aromatic carbocycles. The number of para-hydroxylation sites is 2.